The second kappa shape index (κ2) is 14.9. The van der Waals surface area contributed by atoms with Crippen LogP contribution in [0.15, 0.2) is 93.4 Å². The van der Waals surface area contributed by atoms with E-state index in [1.807, 2.05) is 0 Å². The van der Waals surface area contributed by atoms with E-state index in [1.54, 1.807) is 13.0 Å². The van der Waals surface area contributed by atoms with Gasteiger partial charge in [-0.1, -0.05) is 64.7 Å². The van der Waals surface area contributed by atoms with Crippen LogP contribution in [0.1, 0.15) is 39.5 Å². The molecule has 55 heavy (non-hydrogen) atoms. The Bertz CT molecular complexity index is 1950. The molecule has 0 fully saturated rings. The standard InChI is InChI=1S/C31H21F17N2O4S/c1-17-7-13-21(14-8-17)55(52,53)50-49-22(18-5-3-2-4-6-18)19-9-11-20(12-10-19)23(51)54-16-15-24(32,33)25(34,35)26(36,37)27(38,39)28(40,41)29(42,43)30(44,45)31(46,47)48/h2-14,22H,15-16H2,1H3. The number of halogens is 17. The zero-order chi connectivity index (χ0) is 42.3. The average molecular weight is 841 g/mol. The van der Waals surface area contributed by atoms with Gasteiger partial charge in [-0.25, -0.2) is 4.79 Å². The molecule has 0 amide bonds. The summed E-state index contributed by atoms with van der Waals surface area (Å²) in [6.45, 7) is -0.435. The lowest BCUT2D eigenvalue weighted by Crippen LogP contribution is -2.74. The van der Waals surface area contributed by atoms with E-state index in [9.17, 15) is 87.8 Å². The first-order chi connectivity index (χ1) is 24.8. The Kier molecular flexibility index (Phi) is 12.1. The van der Waals surface area contributed by atoms with Crippen molar-refractivity contribution < 1.29 is 92.6 Å². The second-order valence-corrected chi connectivity index (χ2v) is 13.0. The normalized spacial score (nSPS) is 14.9. The molecule has 0 spiro atoms. The molecule has 0 N–H and O–H groups in total. The molecule has 0 aliphatic heterocycles. The monoisotopic (exact) mass is 840 g/mol. The van der Waals surface area contributed by atoms with Gasteiger partial charge < -0.3 is 4.74 Å². The summed E-state index contributed by atoms with van der Waals surface area (Å²) >= 11 is 0. The Morgan fingerprint density at radius 1 is 0.600 bits per heavy atom. The molecule has 1 unspecified atom stereocenters. The molecule has 3 rings (SSSR count). The highest BCUT2D eigenvalue weighted by molar-refractivity contribution is 7.90. The Labute approximate surface area is 298 Å². The molecule has 0 bridgehead atoms. The van der Waals surface area contributed by atoms with Crippen molar-refractivity contribution in [2.45, 2.75) is 71.9 Å². The minimum Gasteiger partial charge on any atom is -0.462 e. The average Bonchev–Trinajstić information content (AvgIpc) is 3.08. The van der Waals surface area contributed by atoms with Crippen molar-refractivity contribution in [2.75, 3.05) is 6.61 Å². The fourth-order valence-electron chi connectivity index (χ4n) is 4.34. The van der Waals surface area contributed by atoms with Crippen molar-refractivity contribution in [1.29, 1.82) is 0 Å². The third kappa shape index (κ3) is 8.09. The number of ether oxygens (including phenoxy) is 1. The van der Waals surface area contributed by atoms with Gasteiger partial charge in [-0.2, -0.15) is 88.2 Å². The summed E-state index contributed by atoms with van der Waals surface area (Å²) in [6, 6.07) is 15.8. The number of benzene rings is 3. The molecule has 0 aliphatic carbocycles. The van der Waals surface area contributed by atoms with Crippen LogP contribution in [0, 0.1) is 6.92 Å². The number of aryl methyl sites for hydroxylation is 1. The topological polar surface area (TPSA) is 85.2 Å². The van der Waals surface area contributed by atoms with Crippen LogP contribution in [0.4, 0.5) is 74.6 Å². The highest BCUT2D eigenvalue weighted by Crippen LogP contribution is 2.64. The van der Waals surface area contributed by atoms with Gasteiger partial charge in [0.1, 0.15) is 6.04 Å². The van der Waals surface area contributed by atoms with Gasteiger partial charge in [0, 0.05) is 0 Å². The molecule has 1 atom stereocenters. The minimum atomic E-state index is -8.75. The fourth-order valence-corrected chi connectivity index (χ4v) is 5.13. The molecular weight excluding hydrogens is 819 g/mol. The fraction of sp³-hybridized carbons (Fsp3) is 0.387. The summed E-state index contributed by atoms with van der Waals surface area (Å²) < 4.78 is 262. The van der Waals surface area contributed by atoms with Gasteiger partial charge in [-0.15, -0.1) is 0 Å². The maximum atomic E-state index is 14.2. The van der Waals surface area contributed by atoms with E-state index >= 15 is 0 Å². The smallest absolute Gasteiger partial charge is 0.460 e. The summed E-state index contributed by atoms with van der Waals surface area (Å²) in [5.74, 6) is -59.2. The zero-order valence-corrected chi connectivity index (χ0v) is 27.7. The van der Waals surface area contributed by atoms with Crippen molar-refractivity contribution in [2.24, 2.45) is 9.63 Å². The molecule has 3 aromatic rings. The van der Waals surface area contributed by atoms with Crippen molar-refractivity contribution in [3.63, 3.8) is 0 Å². The van der Waals surface area contributed by atoms with Crippen molar-refractivity contribution in [1.82, 2.24) is 0 Å². The lowest BCUT2D eigenvalue weighted by Gasteiger charge is -2.42. The van der Waals surface area contributed by atoms with E-state index in [0.717, 1.165) is 29.8 Å². The van der Waals surface area contributed by atoms with E-state index in [0.29, 0.717) is 5.56 Å². The van der Waals surface area contributed by atoms with Crippen LogP contribution in [-0.4, -0.2) is 68.6 Å². The van der Waals surface area contributed by atoms with E-state index in [2.05, 4.69) is 14.4 Å². The highest BCUT2D eigenvalue weighted by Gasteiger charge is 2.95. The van der Waals surface area contributed by atoms with E-state index in [-0.39, 0.29) is 10.5 Å². The van der Waals surface area contributed by atoms with Crippen LogP contribution < -0.4 is 0 Å². The van der Waals surface area contributed by atoms with Gasteiger partial charge in [0.2, 0.25) is 0 Å². The molecule has 3 aromatic carbocycles. The summed E-state index contributed by atoms with van der Waals surface area (Å²) in [4.78, 5) is 12.1. The largest absolute Gasteiger partial charge is 0.462 e. The van der Waals surface area contributed by atoms with Crippen LogP contribution in [0.25, 0.3) is 0 Å². The number of esters is 1. The van der Waals surface area contributed by atoms with Gasteiger partial charge in [-0.3, -0.25) is 0 Å². The zero-order valence-electron chi connectivity index (χ0n) is 26.9. The molecule has 6 nitrogen and oxygen atoms in total. The van der Waals surface area contributed by atoms with Gasteiger partial charge in [0.25, 0.3) is 10.0 Å². The lowest BCUT2D eigenvalue weighted by atomic mass is 9.88. The quantitative estimate of drug-likeness (QED) is 0.0867. The molecule has 0 saturated heterocycles. The first kappa shape index (κ1) is 44.9. The predicted octanol–water partition coefficient (Wildman–Crippen LogP) is 10.5. The van der Waals surface area contributed by atoms with E-state index in [4.69, 9.17) is 0 Å². The minimum absolute atomic E-state index is 0.107. The Hall–Kier alpha value is -4.51. The van der Waals surface area contributed by atoms with Crippen LogP contribution in [0.2, 0.25) is 0 Å². The molecule has 24 heteroatoms. The third-order valence-electron chi connectivity index (χ3n) is 7.60. The van der Waals surface area contributed by atoms with E-state index < -0.39 is 88.3 Å². The molecule has 0 radical (unpaired) electrons. The molecular formula is C31H21F17N2O4S. The molecule has 0 aromatic heterocycles. The van der Waals surface area contributed by atoms with Crippen LogP contribution in [0.3, 0.4) is 0 Å². The number of carbonyl (C=O) groups is 1. The summed E-state index contributed by atoms with van der Waals surface area (Å²) in [7, 11) is -4.35. The number of carbonyl (C=O) groups excluding carboxylic acids is 1. The first-order valence-corrected chi connectivity index (χ1v) is 16.0. The van der Waals surface area contributed by atoms with Gasteiger partial charge in [0.15, 0.2) is 0 Å². The van der Waals surface area contributed by atoms with Crippen molar-refractivity contribution in [3.8, 4) is 0 Å². The lowest BCUT2D eigenvalue weighted by molar-refractivity contribution is -0.461. The third-order valence-corrected chi connectivity index (χ3v) is 8.78. The SMILES string of the molecule is Cc1ccc(S(=O)(=O)N=NC(c2ccccc2)c2ccc(C(=O)OCCC(F)(F)C(F)(F)C(F)(F)C(F)(F)C(F)(F)C(F)(F)C(F)(F)C(F)(F)F)cc2)cc1. The number of alkyl halides is 17. The van der Waals surface area contributed by atoms with Crippen molar-refractivity contribution >= 4 is 16.0 Å². The number of nitrogens with zero attached hydrogens (tertiary/aromatic N) is 2. The van der Waals surface area contributed by atoms with E-state index in [1.165, 1.54) is 48.5 Å². The number of hydrogen-bond donors (Lipinski definition) is 0. The molecule has 0 saturated carbocycles. The predicted molar refractivity (Wildman–Crippen MR) is 154 cm³/mol. The van der Waals surface area contributed by atoms with Crippen molar-refractivity contribution in [3.05, 3.63) is 101 Å². The summed E-state index contributed by atoms with van der Waals surface area (Å²) in [5.41, 5.74) is 0.543. The first-order valence-electron chi connectivity index (χ1n) is 14.6. The number of rotatable bonds is 15. The van der Waals surface area contributed by atoms with Crippen LogP contribution in [-0.2, 0) is 14.8 Å². The summed E-state index contributed by atoms with van der Waals surface area (Å²) in [6.07, 6.45) is -10.8. The Balaban J connectivity index is 1.80. The molecule has 304 valence electrons. The van der Waals surface area contributed by atoms with Crippen LogP contribution >= 0.6 is 0 Å². The van der Waals surface area contributed by atoms with Crippen LogP contribution in [0.5, 0.6) is 0 Å². The van der Waals surface area contributed by atoms with Gasteiger partial charge in [-0.05, 0) is 42.3 Å². The number of sulfonamides is 1. The Morgan fingerprint density at radius 2 is 1.04 bits per heavy atom. The highest BCUT2D eigenvalue weighted by atomic mass is 32.2. The van der Waals surface area contributed by atoms with Gasteiger partial charge >= 0.3 is 53.6 Å². The Morgan fingerprint density at radius 3 is 1.51 bits per heavy atom. The van der Waals surface area contributed by atoms with Gasteiger partial charge in [0.05, 0.1) is 23.5 Å². The maximum absolute atomic E-state index is 14.2. The molecule has 0 heterocycles. The summed E-state index contributed by atoms with van der Waals surface area (Å²) in [5, 5.41) is 3.87. The second-order valence-electron chi connectivity index (χ2n) is 11.5. The maximum Gasteiger partial charge on any atom is 0.460 e. The molecule has 0 aliphatic rings. The number of hydrogen-bond acceptors (Lipinski definition) is 5.